The molecule has 1 saturated heterocycles. The molecule has 2 unspecified atom stereocenters. The van der Waals surface area contributed by atoms with E-state index < -0.39 is 5.54 Å². The molecule has 1 aliphatic carbocycles. The lowest BCUT2D eigenvalue weighted by Gasteiger charge is -2.35. The third-order valence-electron chi connectivity index (χ3n) is 4.75. The van der Waals surface area contributed by atoms with Gasteiger partial charge in [0.15, 0.2) is 0 Å². The first kappa shape index (κ1) is 16.7. The van der Waals surface area contributed by atoms with Crippen LogP contribution >= 0.6 is 0 Å². The number of carbonyl (C=O) groups excluding carboxylic acids is 1. The Balaban J connectivity index is 1.90. The van der Waals surface area contributed by atoms with Crippen molar-refractivity contribution in [1.82, 2.24) is 15.1 Å². The van der Waals surface area contributed by atoms with E-state index >= 15 is 0 Å². The molecule has 0 aromatic carbocycles. The second kappa shape index (κ2) is 7.07. The quantitative estimate of drug-likeness (QED) is 0.679. The van der Waals surface area contributed by atoms with Gasteiger partial charge in [-0.2, -0.15) is 0 Å². The molecule has 1 aliphatic heterocycles. The van der Waals surface area contributed by atoms with Gasteiger partial charge in [-0.15, -0.1) is 0 Å². The van der Waals surface area contributed by atoms with Crippen LogP contribution in [-0.2, 0) is 9.53 Å². The third kappa shape index (κ3) is 4.41. The molecule has 2 fully saturated rings. The summed E-state index contributed by atoms with van der Waals surface area (Å²) in [5, 5.41) is 3.47. The standard InChI is InChI=1S/C16H31N3O2/c1-5-19-10-6-7-14(19)11-18(3)12-16(2,15(20)21-4)17-13-8-9-13/h13-14,17H,5-12H2,1-4H3. The fourth-order valence-corrected chi connectivity index (χ4v) is 3.55. The maximum Gasteiger partial charge on any atom is 0.327 e. The Kier molecular flexibility index (Phi) is 5.63. The smallest absolute Gasteiger partial charge is 0.327 e. The maximum absolute atomic E-state index is 12.2. The molecular weight excluding hydrogens is 266 g/mol. The van der Waals surface area contributed by atoms with Crippen molar-refractivity contribution in [3.63, 3.8) is 0 Å². The first-order valence-electron chi connectivity index (χ1n) is 8.27. The number of nitrogens with zero attached hydrogens (tertiary/aromatic N) is 2. The van der Waals surface area contributed by atoms with Crippen LogP contribution in [-0.4, -0.2) is 73.7 Å². The van der Waals surface area contributed by atoms with Crippen molar-refractivity contribution in [2.24, 2.45) is 0 Å². The molecule has 0 aromatic rings. The van der Waals surface area contributed by atoms with Crippen LogP contribution in [0.2, 0.25) is 0 Å². The first-order valence-corrected chi connectivity index (χ1v) is 8.27. The van der Waals surface area contributed by atoms with Gasteiger partial charge in [0.1, 0.15) is 5.54 Å². The molecule has 0 radical (unpaired) electrons. The summed E-state index contributed by atoms with van der Waals surface area (Å²) in [6.45, 7) is 8.25. The molecule has 0 amide bonds. The van der Waals surface area contributed by atoms with E-state index in [-0.39, 0.29) is 5.97 Å². The zero-order chi connectivity index (χ0) is 15.5. The van der Waals surface area contributed by atoms with E-state index in [9.17, 15) is 4.79 Å². The lowest BCUT2D eigenvalue weighted by molar-refractivity contribution is -0.148. The molecule has 0 bridgehead atoms. The van der Waals surface area contributed by atoms with Crippen molar-refractivity contribution in [1.29, 1.82) is 0 Å². The number of likely N-dealkylation sites (tertiary alicyclic amines) is 1. The van der Waals surface area contributed by atoms with E-state index in [1.54, 1.807) is 0 Å². The molecule has 5 nitrogen and oxygen atoms in total. The molecule has 2 rings (SSSR count). The van der Waals surface area contributed by atoms with E-state index in [2.05, 4.69) is 29.1 Å². The monoisotopic (exact) mass is 297 g/mol. The van der Waals surface area contributed by atoms with Crippen molar-refractivity contribution in [3.8, 4) is 0 Å². The average Bonchev–Trinajstić information content (AvgIpc) is 3.13. The molecule has 122 valence electrons. The summed E-state index contributed by atoms with van der Waals surface area (Å²) in [5.41, 5.74) is -0.597. The molecule has 1 N–H and O–H groups in total. The number of esters is 1. The molecule has 5 heteroatoms. The molecule has 0 aromatic heterocycles. The number of likely N-dealkylation sites (N-methyl/N-ethyl adjacent to an activating group) is 2. The Morgan fingerprint density at radius 1 is 1.43 bits per heavy atom. The van der Waals surface area contributed by atoms with Crippen molar-refractivity contribution in [2.75, 3.05) is 40.3 Å². The van der Waals surface area contributed by atoms with Gasteiger partial charge >= 0.3 is 5.97 Å². The van der Waals surface area contributed by atoms with Gasteiger partial charge < -0.3 is 9.64 Å². The Bertz CT molecular complexity index is 359. The fraction of sp³-hybridized carbons (Fsp3) is 0.938. The summed E-state index contributed by atoms with van der Waals surface area (Å²) in [6.07, 6.45) is 4.90. The number of hydrogen-bond acceptors (Lipinski definition) is 5. The summed E-state index contributed by atoms with van der Waals surface area (Å²) in [6, 6.07) is 1.11. The summed E-state index contributed by atoms with van der Waals surface area (Å²) >= 11 is 0. The Labute approximate surface area is 129 Å². The predicted molar refractivity (Wildman–Crippen MR) is 84.3 cm³/mol. The van der Waals surface area contributed by atoms with Gasteiger partial charge in [0, 0.05) is 25.2 Å². The minimum absolute atomic E-state index is 0.153. The van der Waals surface area contributed by atoms with Crippen LogP contribution in [0.1, 0.15) is 39.5 Å². The molecule has 1 heterocycles. The number of nitrogens with one attached hydrogen (secondary N) is 1. The number of carbonyl (C=O) groups is 1. The van der Waals surface area contributed by atoms with Gasteiger partial charge in [-0.1, -0.05) is 6.92 Å². The van der Waals surface area contributed by atoms with Gasteiger partial charge in [0.05, 0.1) is 7.11 Å². The molecule has 0 spiro atoms. The van der Waals surface area contributed by atoms with Crippen molar-refractivity contribution < 1.29 is 9.53 Å². The highest BCUT2D eigenvalue weighted by molar-refractivity contribution is 5.80. The van der Waals surface area contributed by atoms with Gasteiger partial charge in [-0.3, -0.25) is 15.0 Å². The van der Waals surface area contributed by atoms with Gasteiger partial charge in [-0.05, 0) is 52.7 Å². The summed E-state index contributed by atoms with van der Waals surface area (Å²) in [5.74, 6) is -0.153. The van der Waals surface area contributed by atoms with Crippen LogP contribution in [0.3, 0.4) is 0 Å². The van der Waals surface area contributed by atoms with E-state index in [1.165, 1.54) is 39.3 Å². The van der Waals surface area contributed by atoms with Gasteiger partial charge in [0.25, 0.3) is 0 Å². The molecule has 1 saturated carbocycles. The lowest BCUT2D eigenvalue weighted by atomic mass is 10.0. The van der Waals surface area contributed by atoms with Gasteiger partial charge in [-0.25, -0.2) is 0 Å². The average molecular weight is 297 g/mol. The highest BCUT2D eigenvalue weighted by Crippen LogP contribution is 2.24. The zero-order valence-electron chi connectivity index (χ0n) is 14.0. The lowest BCUT2D eigenvalue weighted by Crippen LogP contribution is -2.58. The van der Waals surface area contributed by atoms with Crippen LogP contribution < -0.4 is 5.32 Å². The molecule has 2 atom stereocenters. The maximum atomic E-state index is 12.2. The minimum atomic E-state index is -0.597. The first-order chi connectivity index (χ1) is 9.98. The predicted octanol–water partition coefficient (Wildman–Crippen LogP) is 1.09. The summed E-state index contributed by atoms with van der Waals surface area (Å²) < 4.78 is 5.02. The van der Waals surface area contributed by atoms with Crippen molar-refractivity contribution in [3.05, 3.63) is 0 Å². The molecule has 21 heavy (non-hydrogen) atoms. The normalized spacial score (nSPS) is 26.0. The minimum Gasteiger partial charge on any atom is -0.468 e. The van der Waals surface area contributed by atoms with Crippen LogP contribution in [0, 0.1) is 0 Å². The van der Waals surface area contributed by atoms with E-state index in [1.807, 2.05) is 6.92 Å². The zero-order valence-corrected chi connectivity index (χ0v) is 14.0. The van der Waals surface area contributed by atoms with E-state index in [4.69, 9.17) is 4.74 Å². The Morgan fingerprint density at radius 3 is 2.71 bits per heavy atom. The Morgan fingerprint density at radius 2 is 2.14 bits per heavy atom. The Hall–Kier alpha value is -0.650. The topological polar surface area (TPSA) is 44.8 Å². The van der Waals surface area contributed by atoms with E-state index in [0.29, 0.717) is 18.6 Å². The second-order valence-corrected chi connectivity index (χ2v) is 6.86. The van der Waals surface area contributed by atoms with Crippen LogP contribution in [0.5, 0.6) is 0 Å². The van der Waals surface area contributed by atoms with E-state index in [0.717, 1.165) is 13.1 Å². The number of rotatable bonds is 8. The van der Waals surface area contributed by atoms with Crippen molar-refractivity contribution >= 4 is 5.97 Å². The number of methoxy groups -OCH3 is 1. The molecular formula is C16H31N3O2. The molecule has 2 aliphatic rings. The highest BCUT2D eigenvalue weighted by Gasteiger charge is 2.40. The SMILES string of the molecule is CCN1CCCC1CN(C)CC(C)(NC1CC1)C(=O)OC. The number of ether oxygens (including phenoxy) is 1. The van der Waals surface area contributed by atoms with Crippen molar-refractivity contribution in [2.45, 2.75) is 57.2 Å². The summed E-state index contributed by atoms with van der Waals surface area (Å²) in [4.78, 5) is 17.0. The highest BCUT2D eigenvalue weighted by atomic mass is 16.5. The largest absolute Gasteiger partial charge is 0.468 e. The van der Waals surface area contributed by atoms with Crippen LogP contribution in [0.4, 0.5) is 0 Å². The van der Waals surface area contributed by atoms with Crippen LogP contribution in [0.15, 0.2) is 0 Å². The fourth-order valence-electron chi connectivity index (χ4n) is 3.55. The number of hydrogen-bond donors (Lipinski definition) is 1. The second-order valence-electron chi connectivity index (χ2n) is 6.86. The third-order valence-corrected chi connectivity index (χ3v) is 4.75. The summed E-state index contributed by atoms with van der Waals surface area (Å²) in [7, 11) is 3.59. The van der Waals surface area contributed by atoms with Gasteiger partial charge in [0.2, 0.25) is 0 Å². The van der Waals surface area contributed by atoms with Crippen LogP contribution in [0.25, 0.3) is 0 Å².